The summed E-state index contributed by atoms with van der Waals surface area (Å²) in [5.74, 6) is 0.588. The molecule has 0 amide bonds. The third-order valence-electron chi connectivity index (χ3n) is 2.55. The second-order valence-electron chi connectivity index (χ2n) is 3.91. The van der Waals surface area contributed by atoms with E-state index >= 15 is 0 Å². The zero-order valence-electron chi connectivity index (χ0n) is 10.4. The van der Waals surface area contributed by atoms with Crippen molar-refractivity contribution < 1.29 is 14.3 Å². The van der Waals surface area contributed by atoms with Crippen LogP contribution in [0.15, 0.2) is 48.5 Å². The second kappa shape index (κ2) is 6.36. The SMILES string of the molecule is COCOc1ccc(C(=O)c2cccc(Cl)c2)cc1. The lowest BCUT2D eigenvalue weighted by Gasteiger charge is -2.06. The molecule has 4 heteroatoms. The molecule has 0 unspecified atom stereocenters. The van der Waals surface area contributed by atoms with Crippen molar-refractivity contribution in [2.75, 3.05) is 13.9 Å². The number of carbonyl (C=O) groups is 1. The van der Waals surface area contributed by atoms with Crippen molar-refractivity contribution >= 4 is 17.4 Å². The molecule has 0 fully saturated rings. The van der Waals surface area contributed by atoms with Gasteiger partial charge in [-0.1, -0.05) is 23.7 Å². The Kier molecular flexibility index (Phi) is 4.55. The van der Waals surface area contributed by atoms with Gasteiger partial charge in [-0.05, 0) is 36.4 Å². The van der Waals surface area contributed by atoms with E-state index < -0.39 is 0 Å². The molecule has 2 aromatic rings. The van der Waals surface area contributed by atoms with Crippen molar-refractivity contribution in [3.63, 3.8) is 0 Å². The van der Waals surface area contributed by atoms with E-state index in [1.165, 1.54) is 0 Å². The molecule has 0 aliphatic rings. The molecule has 2 aromatic carbocycles. The van der Waals surface area contributed by atoms with Crippen molar-refractivity contribution in [1.29, 1.82) is 0 Å². The van der Waals surface area contributed by atoms with Gasteiger partial charge in [0.15, 0.2) is 12.6 Å². The van der Waals surface area contributed by atoms with Crippen LogP contribution in [0.1, 0.15) is 15.9 Å². The van der Waals surface area contributed by atoms with Gasteiger partial charge in [0.05, 0.1) is 0 Å². The van der Waals surface area contributed by atoms with Crippen LogP contribution in [-0.4, -0.2) is 19.7 Å². The Morgan fingerprint density at radius 3 is 2.47 bits per heavy atom. The van der Waals surface area contributed by atoms with Crippen LogP contribution in [0, 0.1) is 0 Å². The van der Waals surface area contributed by atoms with Crippen LogP contribution < -0.4 is 4.74 Å². The molecule has 0 aliphatic heterocycles. The summed E-state index contributed by atoms with van der Waals surface area (Å²) in [7, 11) is 1.55. The molecular formula is C15H13ClO3. The van der Waals surface area contributed by atoms with Crippen molar-refractivity contribution in [2.24, 2.45) is 0 Å². The summed E-state index contributed by atoms with van der Waals surface area (Å²) in [5.41, 5.74) is 1.16. The first-order chi connectivity index (χ1) is 9.20. The van der Waals surface area contributed by atoms with E-state index in [9.17, 15) is 4.79 Å². The van der Waals surface area contributed by atoms with Gasteiger partial charge in [-0.25, -0.2) is 0 Å². The number of benzene rings is 2. The zero-order chi connectivity index (χ0) is 13.7. The van der Waals surface area contributed by atoms with Crippen LogP contribution in [0.2, 0.25) is 5.02 Å². The van der Waals surface area contributed by atoms with Gasteiger partial charge in [0.1, 0.15) is 5.75 Å². The van der Waals surface area contributed by atoms with Crippen molar-refractivity contribution in [1.82, 2.24) is 0 Å². The molecule has 3 nitrogen and oxygen atoms in total. The number of rotatable bonds is 5. The zero-order valence-corrected chi connectivity index (χ0v) is 11.2. The topological polar surface area (TPSA) is 35.5 Å². The lowest BCUT2D eigenvalue weighted by Crippen LogP contribution is -2.02. The Labute approximate surface area is 116 Å². The fourth-order valence-corrected chi connectivity index (χ4v) is 1.82. The highest BCUT2D eigenvalue weighted by Gasteiger charge is 2.09. The second-order valence-corrected chi connectivity index (χ2v) is 4.35. The third kappa shape index (κ3) is 3.56. The average molecular weight is 277 g/mol. The van der Waals surface area contributed by atoms with Crippen LogP contribution >= 0.6 is 11.6 Å². The fourth-order valence-electron chi connectivity index (χ4n) is 1.63. The van der Waals surface area contributed by atoms with Crippen molar-refractivity contribution in [3.05, 3.63) is 64.7 Å². The van der Waals surface area contributed by atoms with E-state index in [2.05, 4.69) is 0 Å². The molecule has 0 bridgehead atoms. The molecular weight excluding hydrogens is 264 g/mol. The molecule has 98 valence electrons. The Balaban J connectivity index is 2.15. The minimum atomic E-state index is -0.0687. The molecule has 0 heterocycles. The number of hydrogen-bond donors (Lipinski definition) is 0. The summed E-state index contributed by atoms with van der Waals surface area (Å²) >= 11 is 5.87. The van der Waals surface area contributed by atoms with Crippen LogP contribution in [0.5, 0.6) is 5.75 Å². The summed E-state index contributed by atoms with van der Waals surface area (Å²) in [5, 5.41) is 0.547. The van der Waals surface area contributed by atoms with E-state index in [4.69, 9.17) is 21.1 Å². The highest BCUT2D eigenvalue weighted by atomic mass is 35.5. The van der Waals surface area contributed by atoms with Gasteiger partial charge in [0.2, 0.25) is 0 Å². The predicted octanol–water partition coefficient (Wildman–Crippen LogP) is 3.55. The molecule has 0 aromatic heterocycles. The van der Waals surface area contributed by atoms with E-state index in [0.717, 1.165) is 0 Å². The third-order valence-corrected chi connectivity index (χ3v) is 2.78. The normalized spacial score (nSPS) is 10.2. The standard InChI is InChI=1S/C15H13ClO3/c1-18-10-19-14-7-5-11(6-8-14)15(17)12-3-2-4-13(16)9-12/h2-9H,10H2,1H3. The van der Waals surface area contributed by atoms with Gasteiger partial charge in [-0.2, -0.15) is 0 Å². The minimum Gasteiger partial charge on any atom is -0.468 e. The molecule has 19 heavy (non-hydrogen) atoms. The van der Waals surface area contributed by atoms with E-state index in [-0.39, 0.29) is 12.6 Å². The predicted molar refractivity (Wildman–Crippen MR) is 73.8 cm³/mol. The van der Waals surface area contributed by atoms with Gasteiger partial charge >= 0.3 is 0 Å². The van der Waals surface area contributed by atoms with E-state index in [0.29, 0.717) is 21.9 Å². The summed E-state index contributed by atoms with van der Waals surface area (Å²) in [4.78, 5) is 12.2. The highest BCUT2D eigenvalue weighted by molar-refractivity contribution is 6.31. The van der Waals surface area contributed by atoms with Crippen LogP contribution in [0.25, 0.3) is 0 Å². The maximum atomic E-state index is 12.2. The lowest BCUT2D eigenvalue weighted by atomic mass is 10.0. The molecule has 0 saturated carbocycles. The monoisotopic (exact) mass is 276 g/mol. The molecule has 0 spiro atoms. The van der Waals surface area contributed by atoms with Crippen LogP contribution in [0.3, 0.4) is 0 Å². The number of ether oxygens (including phenoxy) is 2. The van der Waals surface area contributed by atoms with Gasteiger partial charge < -0.3 is 9.47 Å². The minimum absolute atomic E-state index is 0.0687. The number of ketones is 1. The van der Waals surface area contributed by atoms with Gasteiger partial charge in [-0.3, -0.25) is 4.79 Å². The quantitative estimate of drug-likeness (QED) is 0.619. The van der Waals surface area contributed by atoms with E-state index in [1.807, 2.05) is 0 Å². The average Bonchev–Trinajstić information content (AvgIpc) is 2.45. The summed E-state index contributed by atoms with van der Waals surface area (Å²) in [6.45, 7) is 0.182. The first-order valence-electron chi connectivity index (χ1n) is 5.73. The Morgan fingerprint density at radius 2 is 1.84 bits per heavy atom. The van der Waals surface area contributed by atoms with Crippen LogP contribution in [0.4, 0.5) is 0 Å². The summed E-state index contributed by atoms with van der Waals surface area (Å²) < 4.78 is 10.1. The summed E-state index contributed by atoms with van der Waals surface area (Å²) in [6.07, 6.45) is 0. The highest BCUT2D eigenvalue weighted by Crippen LogP contribution is 2.17. The fraction of sp³-hybridized carbons (Fsp3) is 0.133. The first-order valence-corrected chi connectivity index (χ1v) is 6.10. The molecule has 2 rings (SSSR count). The van der Waals surface area contributed by atoms with Gasteiger partial charge in [-0.15, -0.1) is 0 Å². The van der Waals surface area contributed by atoms with Gasteiger partial charge in [0, 0.05) is 23.3 Å². The number of carbonyl (C=O) groups excluding carboxylic acids is 1. The molecule has 0 radical (unpaired) electrons. The van der Waals surface area contributed by atoms with Crippen LogP contribution in [-0.2, 0) is 4.74 Å². The Hall–Kier alpha value is -1.84. The maximum absolute atomic E-state index is 12.2. The molecule has 0 saturated heterocycles. The summed E-state index contributed by atoms with van der Waals surface area (Å²) in [6, 6.07) is 13.8. The number of hydrogen-bond acceptors (Lipinski definition) is 3. The Morgan fingerprint density at radius 1 is 1.11 bits per heavy atom. The Bertz CT molecular complexity index is 564. The number of methoxy groups -OCH3 is 1. The van der Waals surface area contributed by atoms with E-state index in [1.54, 1.807) is 55.6 Å². The maximum Gasteiger partial charge on any atom is 0.193 e. The lowest BCUT2D eigenvalue weighted by molar-refractivity contribution is 0.0511. The first kappa shape index (κ1) is 13.6. The van der Waals surface area contributed by atoms with Gasteiger partial charge in [0.25, 0.3) is 0 Å². The molecule has 0 atom stereocenters. The smallest absolute Gasteiger partial charge is 0.193 e. The van der Waals surface area contributed by atoms with Crippen molar-refractivity contribution in [2.45, 2.75) is 0 Å². The molecule has 0 aliphatic carbocycles. The largest absolute Gasteiger partial charge is 0.468 e. The molecule has 0 N–H and O–H groups in total. The van der Waals surface area contributed by atoms with Crippen molar-refractivity contribution in [3.8, 4) is 5.75 Å². The number of halogens is 1.